The molecule has 3 rings (SSSR count). The maximum atomic E-state index is 12.8. The first-order valence-electron chi connectivity index (χ1n) is 9.88. The average molecular weight is 397 g/mol. The fraction of sp³-hybridized carbons (Fsp3) is 0.409. The molecule has 1 N–H and O–H groups in total. The molecule has 0 saturated carbocycles. The van der Waals surface area contributed by atoms with Gasteiger partial charge in [-0.25, -0.2) is 4.79 Å². The second-order valence-electron chi connectivity index (χ2n) is 7.20. The zero-order valence-corrected chi connectivity index (χ0v) is 17.2. The van der Waals surface area contributed by atoms with Crippen LogP contribution < -0.4 is 0 Å². The Morgan fingerprint density at radius 3 is 2.31 bits per heavy atom. The quantitative estimate of drug-likeness (QED) is 0.598. The van der Waals surface area contributed by atoms with Gasteiger partial charge in [0.2, 0.25) is 0 Å². The molecule has 1 fully saturated rings. The lowest BCUT2D eigenvalue weighted by Crippen LogP contribution is -2.50. The predicted molar refractivity (Wildman–Crippen MR) is 109 cm³/mol. The number of piperazine rings is 1. The van der Waals surface area contributed by atoms with Crippen LogP contribution in [-0.2, 0) is 4.74 Å². The predicted octanol–water partition coefficient (Wildman–Crippen LogP) is 2.45. The number of hydrogen-bond acceptors (Lipinski definition) is 5. The summed E-state index contributed by atoms with van der Waals surface area (Å²) < 4.78 is 5.09. The van der Waals surface area contributed by atoms with E-state index in [9.17, 15) is 14.4 Å². The Morgan fingerprint density at radius 1 is 1.03 bits per heavy atom. The number of benzene rings is 1. The number of nitrogens with one attached hydrogen (secondary N) is 1. The van der Waals surface area contributed by atoms with E-state index in [1.807, 2.05) is 40.1 Å². The summed E-state index contributed by atoms with van der Waals surface area (Å²) >= 11 is 0. The Bertz CT molecular complexity index is 896. The molecule has 0 aliphatic carbocycles. The second kappa shape index (κ2) is 9.05. The van der Waals surface area contributed by atoms with Crippen LogP contribution in [0.4, 0.5) is 0 Å². The van der Waals surface area contributed by atoms with E-state index in [-0.39, 0.29) is 24.8 Å². The molecule has 1 saturated heterocycles. The van der Waals surface area contributed by atoms with Crippen molar-refractivity contribution in [2.45, 2.75) is 20.8 Å². The van der Waals surface area contributed by atoms with E-state index in [1.165, 1.54) is 0 Å². The second-order valence-corrected chi connectivity index (χ2v) is 7.20. The van der Waals surface area contributed by atoms with Crippen LogP contribution in [0.1, 0.15) is 49.4 Å². The zero-order valence-electron chi connectivity index (χ0n) is 17.2. The van der Waals surface area contributed by atoms with Gasteiger partial charge in [0.1, 0.15) is 0 Å². The molecule has 1 aromatic heterocycles. The molecule has 7 nitrogen and oxygen atoms in total. The molecule has 0 atom stereocenters. The van der Waals surface area contributed by atoms with Crippen molar-refractivity contribution in [3.8, 4) is 0 Å². The van der Waals surface area contributed by atoms with Crippen molar-refractivity contribution in [2.75, 3.05) is 39.3 Å². The molecular weight excluding hydrogens is 370 g/mol. The zero-order chi connectivity index (χ0) is 21.0. The molecule has 1 aromatic carbocycles. The lowest BCUT2D eigenvalue weighted by Gasteiger charge is -2.34. The number of hydrogen-bond donors (Lipinski definition) is 1. The summed E-state index contributed by atoms with van der Waals surface area (Å²) in [4.78, 5) is 44.4. The van der Waals surface area contributed by atoms with Crippen LogP contribution in [0.3, 0.4) is 0 Å². The Balaban J connectivity index is 1.60. The highest BCUT2D eigenvalue weighted by Gasteiger charge is 2.26. The number of amides is 1. The van der Waals surface area contributed by atoms with Gasteiger partial charge >= 0.3 is 5.97 Å². The van der Waals surface area contributed by atoms with Crippen molar-refractivity contribution in [3.63, 3.8) is 0 Å². The molecule has 7 heteroatoms. The van der Waals surface area contributed by atoms with Gasteiger partial charge in [0.05, 0.1) is 24.4 Å². The highest BCUT2D eigenvalue weighted by atomic mass is 16.5. The number of H-pyrrole nitrogens is 1. The first-order chi connectivity index (χ1) is 13.9. The Morgan fingerprint density at radius 2 is 1.69 bits per heavy atom. The van der Waals surface area contributed by atoms with Gasteiger partial charge in [0.15, 0.2) is 5.78 Å². The van der Waals surface area contributed by atoms with Crippen LogP contribution in [0.15, 0.2) is 30.3 Å². The summed E-state index contributed by atoms with van der Waals surface area (Å²) in [6.07, 6.45) is 0. The minimum Gasteiger partial charge on any atom is -0.462 e. The molecule has 0 unspecified atom stereocenters. The third-order valence-corrected chi connectivity index (χ3v) is 5.24. The maximum Gasteiger partial charge on any atom is 0.340 e. The van der Waals surface area contributed by atoms with Gasteiger partial charge in [-0.15, -0.1) is 0 Å². The van der Waals surface area contributed by atoms with Crippen molar-refractivity contribution in [1.82, 2.24) is 14.8 Å². The van der Waals surface area contributed by atoms with E-state index >= 15 is 0 Å². The van der Waals surface area contributed by atoms with E-state index in [2.05, 4.69) is 4.98 Å². The van der Waals surface area contributed by atoms with Gasteiger partial charge in [0.25, 0.3) is 5.91 Å². The van der Waals surface area contributed by atoms with E-state index in [4.69, 9.17) is 4.74 Å². The highest BCUT2D eigenvalue weighted by molar-refractivity contribution is 6.02. The molecular formula is C22H27N3O4. The number of esters is 1. The number of ketones is 1. The molecule has 29 heavy (non-hydrogen) atoms. The fourth-order valence-electron chi connectivity index (χ4n) is 3.69. The van der Waals surface area contributed by atoms with E-state index in [0.29, 0.717) is 54.3 Å². The van der Waals surface area contributed by atoms with Crippen molar-refractivity contribution in [2.24, 2.45) is 0 Å². The lowest BCUT2D eigenvalue weighted by molar-refractivity contribution is 0.0524. The minimum atomic E-state index is -0.411. The number of aromatic amines is 1. The molecule has 0 radical (unpaired) electrons. The Labute approximate surface area is 170 Å². The van der Waals surface area contributed by atoms with Crippen molar-refractivity contribution in [1.29, 1.82) is 0 Å². The smallest absolute Gasteiger partial charge is 0.340 e. The number of nitrogens with zero attached hydrogens (tertiary/aromatic N) is 2. The van der Waals surface area contributed by atoms with Crippen LogP contribution in [0.2, 0.25) is 0 Å². The monoisotopic (exact) mass is 397 g/mol. The number of carbonyl (C=O) groups is 3. The Kier molecular flexibility index (Phi) is 6.49. The minimum absolute atomic E-state index is 0.0199. The van der Waals surface area contributed by atoms with Gasteiger partial charge in [-0.3, -0.25) is 14.5 Å². The number of carbonyl (C=O) groups excluding carboxylic acids is 3. The van der Waals surface area contributed by atoms with Gasteiger partial charge < -0.3 is 14.6 Å². The third kappa shape index (κ3) is 4.56. The molecule has 1 aliphatic heterocycles. The normalized spacial score (nSPS) is 14.7. The van der Waals surface area contributed by atoms with Crippen LogP contribution in [0.5, 0.6) is 0 Å². The number of rotatable bonds is 6. The average Bonchev–Trinajstić information content (AvgIpc) is 3.03. The van der Waals surface area contributed by atoms with Crippen LogP contribution in [0, 0.1) is 13.8 Å². The van der Waals surface area contributed by atoms with E-state index < -0.39 is 5.97 Å². The van der Waals surface area contributed by atoms with Crippen molar-refractivity contribution in [3.05, 3.63) is 58.4 Å². The number of ether oxygens (including phenoxy) is 1. The van der Waals surface area contributed by atoms with Gasteiger partial charge in [-0.1, -0.05) is 18.2 Å². The topological polar surface area (TPSA) is 82.7 Å². The molecule has 1 amide bonds. The van der Waals surface area contributed by atoms with Crippen LogP contribution in [-0.4, -0.2) is 71.8 Å². The summed E-state index contributed by atoms with van der Waals surface area (Å²) in [5, 5.41) is 0. The molecule has 2 heterocycles. The molecule has 0 spiro atoms. The van der Waals surface area contributed by atoms with E-state index in [1.54, 1.807) is 20.8 Å². The highest BCUT2D eigenvalue weighted by Crippen LogP contribution is 2.20. The summed E-state index contributed by atoms with van der Waals surface area (Å²) in [5.41, 5.74) is 2.84. The van der Waals surface area contributed by atoms with Gasteiger partial charge in [0, 0.05) is 37.4 Å². The summed E-state index contributed by atoms with van der Waals surface area (Å²) in [6.45, 7) is 8.25. The summed E-state index contributed by atoms with van der Waals surface area (Å²) in [6, 6.07) is 9.23. The Hall–Kier alpha value is -2.93. The first-order valence-corrected chi connectivity index (χ1v) is 9.88. The molecule has 1 aliphatic rings. The van der Waals surface area contributed by atoms with E-state index in [0.717, 1.165) is 0 Å². The third-order valence-electron chi connectivity index (χ3n) is 5.24. The van der Waals surface area contributed by atoms with Crippen molar-refractivity contribution >= 4 is 17.7 Å². The number of aryl methyl sites for hydroxylation is 1. The SMILES string of the molecule is CCOC(=O)c1c(C)[nH]c(C(=O)CN2CCN(C(=O)c3ccccc3)CC2)c1C. The standard InChI is InChI=1S/C22H27N3O4/c1-4-29-22(28)19-15(2)20(23-16(19)3)18(26)14-24-10-12-25(13-11-24)21(27)17-8-6-5-7-9-17/h5-9,23H,4,10-14H2,1-3H3. The van der Waals surface area contributed by atoms with Crippen LogP contribution >= 0.6 is 0 Å². The van der Waals surface area contributed by atoms with Gasteiger partial charge in [-0.2, -0.15) is 0 Å². The van der Waals surface area contributed by atoms with Crippen molar-refractivity contribution < 1.29 is 19.1 Å². The summed E-state index contributed by atoms with van der Waals surface area (Å²) in [5.74, 6) is -0.457. The first kappa shape index (κ1) is 20.8. The maximum absolute atomic E-state index is 12.8. The van der Waals surface area contributed by atoms with Crippen LogP contribution in [0.25, 0.3) is 0 Å². The molecule has 2 aromatic rings. The van der Waals surface area contributed by atoms with Gasteiger partial charge in [-0.05, 0) is 38.5 Å². The number of aromatic nitrogens is 1. The number of Topliss-reactive ketones (excluding diaryl/α,β-unsaturated/α-hetero) is 1. The largest absolute Gasteiger partial charge is 0.462 e. The molecule has 0 bridgehead atoms. The lowest BCUT2D eigenvalue weighted by atomic mass is 10.1. The summed E-state index contributed by atoms with van der Waals surface area (Å²) in [7, 11) is 0. The fourth-order valence-corrected chi connectivity index (χ4v) is 3.69. The molecule has 154 valence electrons.